The fourth-order valence-electron chi connectivity index (χ4n) is 3.80. The molecule has 3 heterocycles. The first-order valence-electron chi connectivity index (χ1n) is 10.2. The SMILES string of the molecule is COc1ccc(OC2CCCN(C(=O)CN3CCN(c4ccccc4F)C3=O)C2)nn1. The summed E-state index contributed by atoms with van der Waals surface area (Å²) in [5.41, 5.74) is 0.231. The number of halogens is 1. The van der Waals surface area contributed by atoms with E-state index in [0.717, 1.165) is 12.8 Å². The number of hydrogen-bond acceptors (Lipinski definition) is 6. The Kier molecular flexibility index (Phi) is 6.15. The number of aromatic nitrogens is 2. The van der Waals surface area contributed by atoms with Crippen molar-refractivity contribution in [2.24, 2.45) is 0 Å². The molecule has 0 saturated carbocycles. The van der Waals surface area contributed by atoms with E-state index in [2.05, 4.69) is 10.2 Å². The van der Waals surface area contributed by atoms with E-state index >= 15 is 0 Å². The van der Waals surface area contributed by atoms with E-state index in [9.17, 15) is 14.0 Å². The zero-order valence-corrected chi connectivity index (χ0v) is 17.2. The highest BCUT2D eigenvalue weighted by molar-refractivity contribution is 5.96. The summed E-state index contributed by atoms with van der Waals surface area (Å²) in [5.74, 6) is 0.155. The molecule has 10 heteroatoms. The van der Waals surface area contributed by atoms with E-state index in [0.29, 0.717) is 37.9 Å². The number of benzene rings is 1. The second-order valence-electron chi connectivity index (χ2n) is 7.44. The zero-order valence-electron chi connectivity index (χ0n) is 17.2. The normalized spacial score (nSPS) is 19.0. The third-order valence-electron chi connectivity index (χ3n) is 5.41. The average molecular weight is 429 g/mol. The summed E-state index contributed by atoms with van der Waals surface area (Å²) >= 11 is 0. The molecule has 2 aliphatic rings. The number of nitrogens with zero attached hydrogens (tertiary/aromatic N) is 5. The minimum absolute atomic E-state index is 0.0428. The van der Waals surface area contributed by atoms with Gasteiger partial charge in [-0.2, -0.15) is 0 Å². The summed E-state index contributed by atoms with van der Waals surface area (Å²) in [6.07, 6.45) is 1.38. The Balaban J connectivity index is 1.33. The van der Waals surface area contributed by atoms with Gasteiger partial charge in [0, 0.05) is 31.8 Å². The van der Waals surface area contributed by atoms with Crippen LogP contribution in [0.15, 0.2) is 36.4 Å². The number of carbonyl (C=O) groups is 2. The van der Waals surface area contributed by atoms with E-state index in [1.165, 1.54) is 23.0 Å². The molecule has 4 rings (SSSR count). The molecule has 164 valence electrons. The van der Waals surface area contributed by atoms with Gasteiger partial charge in [0.05, 0.1) is 19.3 Å². The van der Waals surface area contributed by atoms with Gasteiger partial charge in [-0.3, -0.25) is 9.69 Å². The Bertz CT molecular complexity index is 942. The smallest absolute Gasteiger partial charge is 0.325 e. The van der Waals surface area contributed by atoms with Crippen LogP contribution in [-0.4, -0.2) is 77.9 Å². The molecule has 2 fully saturated rings. The van der Waals surface area contributed by atoms with Crippen LogP contribution in [0.3, 0.4) is 0 Å². The van der Waals surface area contributed by atoms with Crippen LogP contribution >= 0.6 is 0 Å². The molecular formula is C21H24FN5O4. The van der Waals surface area contributed by atoms with E-state index in [1.807, 2.05) is 0 Å². The Hall–Kier alpha value is -3.43. The molecule has 3 amide bonds. The summed E-state index contributed by atoms with van der Waals surface area (Å²) in [6, 6.07) is 9.11. The van der Waals surface area contributed by atoms with Gasteiger partial charge in [0.1, 0.15) is 18.5 Å². The number of rotatable bonds is 6. The van der Waals surface area contributed by atoms with Crippen molar-refractivity contribution in [3.63, 3.8) is 0 Å². The van der Waals surface area contributed by atoms with Crippen LogP contribution in [0, 0.1) is 5.82 Å². The van der Waals surface area contributed by atoms with Gasteiger partial charge < -0.3 is 19.3 Å². The van der Waals surface area contributed by atoms with Crippen molar-refractivity contribution in [2.75, 3.05) is 44.7 Å². The highest BCUT2D eigenvalue weighted by Crippen LogP contribution is 2.24. The predicted molar refractivity (Wildman–Crippen MR) is 110 cm³/mol. The number of piperidine rings is 1. The number of hydrogen-bond donors (Lipinski definition) is 0. The van der Waals surface area contributed by atoms with Gasteiger partial charge >= 0.3 is 6.03 Å². The van der Waals surface area contributed by atoms with Gasteiger partial charge in [0.2, 0.25) is 17.7 Å². The van der Waals surface area contributed by atoms with Crippen LogP contribution < -0.4 is 14.4 Å². The molecule has 2 aliphatic heterocycles. The molecule has 0 spiro atoms. The zero-order chi connectivity index (χ0) is 21.8. The van der Waals surface area contributed by atoms with Gasteiger partial charge in [0.25, 0.3) is 0 Å². The second kappa shape index (κ2) is 9.15. The maximum Gasteiger partial charge on any atom is 0.325 e. The topological polar surface area (TPSA) is 88.1 Å². The van der Waals surface area contributed by atoms with Crippen molar-refractivity contribution < 1.29 is 23.5 Å². The number of methoxy groups -OCH3 is 1. The Morgan fingerprint density at radius 3 is 2.65 bits per heavy atom. The van der Waals surface area contributed by atoms with Crippen LogP contribution in [0.25, 0.3) is 0 Å². The largest absolute Gasteiger partial charge is 0.480 e. The lowest BCUT2D eigenvalue weighted by Gasteiger charge is -2.33. The Morgan fingerprint density at radius 1 is 1.13 bits per heavy atom. The van der Waals surface area contributed by atoms with Gasteiger partial charge in [-0.15, -0.1) is 10.2 Å². The molecule has 1 atom stereocenters. The lowest BCUT2D eigenvalue weighted by atomic mass is 10.1. The van der Waals surface area contributed by atoms with Gasteiger partial charge in [-0.05, 0) is 25.0 Å². The Labute approximate surface area is 179 Å². The summed E-state index contributed by atoms with van der Waals surface area (Å²) in [6.45, 7) is 1.68. The first-order valence-corrected chi connectivity index (χ1v) is 10.2. The van der Waals surface area contributed by atoms with Gasteiger partial charge in [-0.1, -0.05) is 12.1 Å². The molecule has 1 aromatic heterocycles. The van der Waals surface area contributed by atoms with Crippen LogP contribution in [0.2, 0.25) is 0 Å². The molecule has 2 saturated heterocycles. The number of ether oxygens (including phenoxy) is 2. The molecular weight excluding hydrogens is 405 g/mol. The lowest BCUT2D eigenvalue weighted by molar-refractivity contribution is -0.134. The van der Waals surface area contributed by atoms with Crippen LogP contribution in [0.1, 0.15) is 12.8 Å². The molecule has 2 aromatic rings. The number of carbonyl (C=O) groups excluding carboxylic acids is 2. The van der Waals surface area contributed by atoms with Crippen molar-refractivity contribution >= 4 is 17.6 Å². The minimum Gasteiger partial charge on any atom is -0.480 e. The average Bonchev–Trinajstić information content (AvgIpc) is 3.14. The van der Waals surface area contributed by atoms with Crippen molar-refractivity contribution in [3.05, 3.63) is 42.2 Å². The van der Waals surface area contributed by atoms with E-state index < -0.39 is 5.82 Å². The van der Waals surface area contributed by atoms with E-state index in [-0.39, 0.29) is 30.3 Å². The molecule has 0 radical (unpaired) electrons. The molecule has 1 unspecified atom stereocenters. The standard InChI is InChI=1S/C21H24FN5O4/c1-30-18-8-9-19(24-23-18)31-15-5-4-10-25(13-15)20(28)14-26-11-12-27(21(26)29)17-7-3-2-6-16(17)22/h2-3,6-9,15H,4-5,10-14H2,1H3. The summed E-state index contributed by atoms with van der Waals surface area (Å²) in [5, 5.41) is 7.84. The number of para-hydroxylation sites is 1. The van der Waals surface area contributed by atoms with Gasteiger partial charge in [0.15, 0.2) is 0 Å². The van der Waals surface area contributed by atoms with Crippen LogP contribution in [-0.2, 0) is 4.79 Å². The van der Waals surface area contributed by atoms with Crippen molar-refractivity contribution in [1.82, 2.24) is 20.0 Å². The highest BCUT2D eigenvalue weighted by atomic mass is 19.1. The lowest BCUT2D eigenvalue weighted by Crippen LogP contribution is -2.48. The maximum absolute atomic E-state index is 14.0. The summed E-state index contributed by atoms with van der Waals surface area (Å²) in [4.78, 5) is 30.0. The minimum atomic E-state index is -0.457. The van der Waals surface area contributed by atoms with Crippen LogP contribution in [0.4, 0.5) is 14.9 Å². The van der Waals surface area contributed by atoms with E-state index in [4.69, 9.17) is 9.47 Å². The van der Waals surface area contributed by atoms with Crippen molar-refractivity contribution in [1.29, 1.82) is 0 Å². The van der Waals surface area contributed by atoms with Crippen molar-refractivity contribution in [3.8, 4) is 11.8 Å². The number of likely N-dealkylation sites (tertiary alicyclic amines) is 1. The molecule has 1 aromatic carbocycles. The van der Waals surface area contributed by atoms with E-state index in [1.54, 1.807) is 35.2 Å². The number of urea groups is 1. The molecule has 9 nitrogen and oxygen atoms in total. The monoisotopic (exact) mass is 429 g/mol. The quantitative estimate of drug-likeness (QED) is 0.697. The fourth-order valence-corrected chi connectivity index (χ4v) is 3.80. The highest BCUT2D eigenvalue weighted by Gasteiger charge is 2.34. The molecule has 31 heavy (non-hydrogen) atoms. The number of amides is 3. The first kappa shape index (κ1) is 20.8. The number of anilines is 1. The maximum atomic E-state index is 14.0. The third kappa shape index (κ3) is 4.68. The van der Waals surface area contributed by atoms with Gasteiger partial charge in [-0.25, -0.2) is 9.18 Å². The van der Waals surface area contributed by atoms with Crippen molar-refractivity contribution in [2.45, 2.75) is 18.9 Å². The fraction of sp³-hybridized carbons (Fsp3) is 0.429. The third-order valence-corrected chi connectivity index (χ3v) is 5.41. The van der Waals surface area contributed by atoms with Crippen LogP contribution in [0.5, 0.6) is 11.8 Å². The molecule has 0 bridgehead atoms. The first-order chi connectivity index (χ1) is 15.0. The molecule has 0 N–H and O–H groups in total. The summed E-state index contributed by atoms with van der Waals surface area (Å²) < 4.78 is 24.9. The summed E-state index contributed by atoms with van der Waals surface area (Å²) in [7, 11) is 1.51. The second-order valence-corrected chi connectivity index (χ2v) is 7.44. The predicted octanol–water partition coefficient (Wildman–Crippen LogP) is 1.94. The Morgan fingerprint density at radius 2 is 1.90 bits per heavy atom. The molecule has 0 aliphatic carbocycles.